The first-order valence-electron chi connectivity index (χ1n) is 6.19. The number of hydrogen-bond acceptors (Lipinski definition) is 2. The number of para-hydroxylation sites is 1. The van der Waals surface area contributed by atoms with Gasteiger partial charge in [-0.1, -0.05) is 18.2 Å². The maximum absolute atomic E-state index is 5.89. The minimum atomic E-state index is 0.419. The summed E-state index contributed by atoms with van der Waals surface area (Å²) in [7, 11) is 0. The molecule has 0 spiro atoms. The van der Waals surface area contributed by atoms with E-state index in [1.807, 2.05) is 31.2 Å². The highest BCUT2D eigenvalue weighted by Crippen LogP contribution is 2.24. The molecule has 0 amide bonds. The van der Waals surface area contributed by atoms with Crippen molar-refractivity contribution in [2.45, 2.75) is 25.8 Å². The molecule has 0 radical (unpaired) electrons. The lowest BCUT2D eigenvalue weighted by Gasteiger charge is -2.08. The topological polar surface area (TPSA) is 63.3 Å². The van der Waals surface area contributed by atoms with E-state index in [9.17, 15) is 0 Å². The number of pyridine rings is 1. The lowest BCUT2D eigenvalue weighted by atomic mass is 10.2. The third kappa shape index (κ3) is 2.27. The van der Waals surface area contributed by atoms with E-state index in [1.165, 1.54) is 0 Å². The van der Waals surface area contributed by atoms with Gasteiger partial charge in [0.15, 0.2) is 5.96 Å². The molecule has 4 nitrogen and oxygen atoms in total. The summed E-state index contributed by atoms with van der Waals surface area (Å²) in [5, 5.41) is 4.25. The van der Waals surface area contributed by atoms with Crippen LogP contribution in [0.25, 0.3) is 10.9 Å². The van der Waals surface area contributed by atoms with Gasteiger partial charge in [-0.25, -0.2) is 4.99 Å². The number of fused-ring (bicyclic) bond motifs is 1. The molecule has 3 rings (SSSR count). The third-order valence-electron chi connectivity index (χ3n) is 2.99. The van der Waals surface area contributed by atoms with Crippen LogP contribution < -0.4 is 11.1 Å². The second kappa shape index (κ2) is 4.29. The third-order valence-corrected chi connectivity index (χ3v) is 2.99. The number of hydrogen-bond donors (Lipinski definition) is 2. The first-order chi connectivity index (χ1) is 8.72. The fourth-order valence-corrected chi connectivity index (χ4v) is 1.92. The molecule has 1 aromatic carbocycles. The number of nitrogens with one attached hydrogen (secondary N) is 1. The fourth-order valence-electron chi connectivity index (χ4n) is 1.92. The number of nitrogens with two attached hydrogens (primary N) is 1. The first-order valence-corrected chi connectivity index (χ1v) is 6.19. The van der Waals surface area contributed by atoms with Gasteiger partial charge in [-0.2, -0.15) is 0 Å². The van der Waals surface area contributed by atoms with Gasteiger partial charge < -0.3 is 11.1 Å². The Morgan fingerprint density at radius 3 is 2.94 bits per heavy atom. The van der Waals surface area contributed by atoms with Crippen LogP contribution in [0.4, 0.5) is 5.69 Å². The number of aryl methyl sites for hydroxylation is 1. The smallest absolute Gasteiger partial charge is 0.193 e. The summed E-state index contributed by atoms with van der Waals surface area (Å²) in [6.07, 6.45) is 2.30. The Morgan fingerprint density at radius 1 is 1.33 bits per heavy atom. The highest BCUT2D eigenvalue weighted by Gasteiger charge is 2.20. The molecular weight excluding hydrogens is 224 g/mol. The molecule has 1 aliphatic carbocycles. The summed E-state index contributed by atoms with van der Waals surface area (Å²) in [6, 6.07) is 10.5. The Balaban J connectivity index is 1.97. The van der Waals surface area contributed by atoms with Crippen molar-refractivity contribution in [1.29, 1.82) is 0 Å². The lowest BCUT2D eigenvalue weighted by Crippen LogP contribution is -2.23. The number of guanidine groups is 1. The van der Waals surface area contributed by atoms with Crippen molar-refractivity contribution in [2.75, 3.05) is 5.32 Å². The van der Waals surface area contributed by atoms with Gasteiger partial charge in [0.25, 0.3) is 0 Å². The zero-order valence-electron chi connectivity index (χ0n) is 10.4. The Kier molecular flexibility index (Phi) is 2.63. The molecule has 0 aliphatic heterocycles. The molecule has 18 heavy (non-hydrogen) atoms. The maximum Gasteiger partial charge on any atom is 0.193 e. The molecular formula is C14H16N4. The van der Waals surface area contributed by atoms with Crippen molar-refractivity contribution < 1.29 is 0 Å². The van der Waals surface area contributed by atoms with Gasteiger partial charge in [-0.05, 0) is 31.9 Å². The molecule has 2 aromatic rings. The summed E-state index contributed by atoms with van der Waals surface area (Å²) in [6.45, 7) is 1.98. The van der Waals surface area contributed by atoms with E-state index in [2.05, 4.69) is 21.4 Å². The molecule has 1 aliphatic rings. The van der Waals surface area contributed by atoms with Crippen molar-refractivity contribution in [3.63, 3.8) is 0 Å². The summed E-state index contributed by atoms with van der Waals surface area (Å²) >= 11 is 0. The maximum atomic E-state index is 5.89. The van der Waals surface area contributed by atoms with Crippen LogP contribution in [0.15, 0.2) is 35.3 Å². The summed E-state index contributed by atoms with van der Waals surface area (Å²) < 4.78 is 0. The van der Waals surface area contributed by atoms with Gasteiger partial charge in [0.1, 0.15) is 0 Å². The molecule has 0 bridgehead atoms. The molecule has 0 unspecified atom stereocenters. The molecule has 1 heterocycles. The van der Waals surface area contributed by atoms with Crippen molar-refractivity contribution in [2.24, 2.45) is 10.7 Å². The molecule has 0 saturated heterocycles. The Bertz CT molecular complexity index is 614. The van der Waals surface area contributed by atoms with E-state index in [0.717, 1.165) is 35.1 Å². The normalized spacial score (nSPS) is 15.9. The van der Waals surface area contributed by atoms with Gasteiger partial charge in [0.2, 0.25) is 0 Å². The molecule has 1 saturated carbocycles. The number of aromatic nitrogens is 1. The largest absolute Gasteiger partial charge is 0.370 e. The van der Waals surface area contributed by atoms with E-state index in [0.29, 0.717) is 12.0 Å². The van der Waals surface area contributed by atoms with Crippen LogP contribution in [0.2, 0.25) is 0 Å². The molecule has 1 aromatic heterocycles. The lowest BCUT2D eigenvalue weighted by molar-refractivity contribution is 1.06. The zero-order valence-corrected chi connectivity index (χ0v) is 10.4. The average molecular weight is 240 g/mol. The number of aliphatic imine (C=N–C) groups is 1. The average Bonchev–Trinajstić information content (AvgIpc) is 3.14. The predicted molar refractivity (Wildman–Crippen MR) is 74.7 cm³/mol. The van der Waals surface area contributed by atoms with Crippen LogP contribution in [0, 0.1) is 6.92 Å². The summed E-state index contributed by atoms with van der Waals surface area (Å²) in [5.41, 5.74) is 8.73. The van der Waals surface area contributed by atoms with E-state index in [-0.39, 0.29) is 0 Å². The second-order valence-corrected chi connectivity index (χ2v) is 4.70. The van der Waals surface area contributed by atoms with E-state index in [1.54, 1.807) is 0 Å². The summed E-state index contributed by atoms with van der Waals surface area (Å²) in [5.74, 6) is 0.480. The van der Waals surface area contributed by atoms with Gasteiger partial charge in [-0.15, -0.1) is 0 Å². The van der Waals surface area contributed by atoms with Crippen molar-refractivity contribution in [1.82, 2.24) is 4.98 Å². The number of nitrogens with zero attached hydrogens (tertiary/aromatic N) is 2. The van der Waals surface area contributed by atoms with Crippen molar-refractivity contribution in [3.05, 3.63) is 36.0 Å². The first kappa shape index (κ1) is 11.0. The van der Waals surface area contributed by atoms with Crippen LogP contribution in [0.5, 0.6) is 0 Å². The van der Waals surface area contributed by atoms with E-state index >= 15 is 0 Å². The minimum absolute atomic E-state index is 0.419. The molecule has 0 atom stereocenters. The van der Waals surface area contributed by atoms with Gasteiger partial charge in [0, 0.05) is 11.1 Å². The van der Waals surface area contributed by atoms with Crippen LogP contribution in [0.3, 0.4) is 0 Å². The molecule has 1 fully saturated rings. The second-order valence-electron chi connectivity index (χ2n) is 4.70. The monoisotopic (exact) mass is 240 g/mol. The van der Waals surface area contributed by atoms with Crippen LogP contribution in [-0.4, -0.2) is 17.0 Å². The molecule has 4 heteroatoms. The van der Waals surface area contributed by atoms with Crippen LogP contribution in [0.1, 0.15) is 18.5 Å². The quantitative estimate of drug-likeness (QED) is 0.626. The highest BCUT2D eigenvalue weighted by atomic mass is 15.1. The number of anilines is 1. The number of benzene rings is 1. The van der Waals surface area contributed by atoms with Crippen LogP contribution >= 0.6 is 0 Å². The van der Waals surface area contributed by atoms with Crippen molar-refractivity contribution >= 4 is 22.5 Å². The van der Waals surface area contributed by atoms with Gasteiger partial charge in [-0.3, -0.25) is 4.98 Å². The fraction of sp³-hybridized carbons (Fsp3) is 0.286. The Morgan fingerprint density at radius 2 is 2.17 bits per heavy atom. The molecule has 92 valence electrons. The Labute approximate surface area is 106 Å². The van der Waals surface area contributed by atoms with Crippen LogP contribution in [-0.2, 0) is 0 Å². The Hall–Kier alpha value is -2.10. The minimum Gasteiger partial charge on any atom is -0.370 e. The van der Waals surface area contributed by atoms with E-state index in [4.69, 9.17) is 5.73 Å². The summed E-state index contributed by atoms with van der Waals surface area (Å²) in [4.78, 5) is 8.92. The highest BCUT2D eigenvalue weighted by molar-refractivity contribution is 6.01. The standard InChI is InChI=1S/C14H16N4/c1-9-5-6-10-3-2-4-12(13(10)16-9)18-14(15)17-11-7-8-11/h2-6,11H,7-8H2,1H3,(H3,15,17,18). The van der Waals surface area contributed by atoms with Gasteiger partial charge in [0.05, 0.1) is 17.2 Å². The number of rotatable bonds is 2. The predicted octanol–water partition coefficient (Wildman–Crippen LogP) is 2.43. The van der Waals surface area contributed by atoms with E-state index < -0.39 is 0 Å². The SMILES string of the molecule is Cc1ccc2cccc(NC(N)=NC3CC3)c2n1. The van der Waals surface area contributed by atoms with Gasteiger partial charge >= 0.3 is 0 Å². The van der Waals surface area contributed by atoms with Crippen molar-refractivity contribution in [3.8, 4) is 0 Å². The zero-order chi connectivity index (χ0) is 12.5. The molecule has 3 N–H and O–H groups in total.